The van der Waals surface area contributed by atoms with Gasteiger partial charge < -0.3 is 18.9 Å². The van der Waals surface area contributed by atoms with Gasteiger partial charge in [-0.1, -0.05) is 13.8 Å². The average molecular weight is 399 g/mol. The summed E-state index contributed by atoms with van der Waals surface area (Å²) in [6.45, 7) is 6.34. The van der Waals surface area contributed by atoms with E-state index >= 15 is 0 Å². The molecule has 1 aliphatic rings. The van der Waals surface area contributed by atoms with Crippen LogP contribution < -0.4 is 4.74 Å². The van der Waals surface area contributed by atoms with Crippen molar-refractivity contribution in [2.45, 2.75) is 39.2 Å². The second-order valence-electron chi connectivity index (χ2n) is 7.87. The van der Waals surface area contributed by atoms with E-state index in [1.54, 1.807) is 6.07 Å². The number of likely N-dealkylation sites (tertiary alicyclic amines) is 1. The maximum atomic E-state index is 12.8. The summed E-state index contributed by atoms with van der Waals surface area (Å²) in [5.74, 6) is 1.11. The monoisotopic (exact) mass is 398 g/mol. The van der Waals surface area contributed by atoms with Crippen LogP contribution >= 0.6 is 0 Å². The molecule has 0 unspecified atom stereocenters. The fraction of sp³-hybridized carbons (Fsp3) is 0.478. The van der Waals surface area contributed by atoms with Crippen LogP contribution in [-0.2, 0) is 4.74 Å². The van der Waals surface area contributed by atoms with Gasteiger partial charge in [0.1, 0.15) is 11.4 Å². The highest BCUT2D eigenvalue weighted by molar-refractivity contribution is 5.94. The first-order valence-electron chi connectivity index (χ1n) is 10.3. The highest BCUT2D eigenvalue weighted by Gasteiger charge is 2.26. The van der Waals surface area contributed by atoms with Crippen LogP contribution in [0.5, 0.6) is 5.75 Å². The molecule has 1 aromatic heterocycles. The van der Waals surface area contributed by atoms with Crippen molar-refractivity contribution in [3.63, 3.8) is 0 Å². The Morgan fingerprint density at radius 2 is 1.79 bits per heavy atom. The van der Waals surface area contributed by atoms with Crippen LogP contribution in [-0.4, -0.2) is 48.1 Å². The number of nitrogens with zero attached hydrogens (tertiary/aromatic N) is 2. The Balaban J connectivity index is 1.55. The number of hydrogen-bond donors (Lipinski definition) is 0. The first kappa shape index (κ1) is 21.0. The number of rotatable bonds is 7. The minimum Gasteiger partial charge on any atom is -0.494 e. The van der Waals surface area contributed by atoms with E-state index in [9.17, 15) is 9.59 Å². The third-order valence-electron chi connectivity index (χ3n) is 5.38. The van der Waals surface area contributed by atoms with Gasteiger partial charge in [0, 0.05) is 30.9 Å². The molecule has 1 saturated heterocycles. The maximum Gasteiger partial charge on any atom is 0.354 e. The molecule has 0 N–H and O–H groups in total. The third-order valence-corrected chi connectivity index (χ3v) is 5.38. The third kappa shape index (κ3) is 5.19. The van der Waals surface area contributed by atoms with E-state index in [1.165, 1.54) is 7.11 Å². The molecule has 2 heterocycles. The maximum absolute atomic E-state index is 12.8. The fourth-order valence-electron chi connectivity index (χ4n) is 3.63. The number of piperidine rings is 1. The summed E-state index contributed by atoms with van der Waals surface area (Å²) in [7, 11) is 1.39. The number of hydrogen-bond acceptors (Lipinski definition) is 4. The zero-order valence-electron chi connectivity index (χ0n) is 17.5. The smallest absolute Gasteiger partial charge is 0.354 e. The van der Waals surface area contributed by atoms with E-state index in [0.717, 1.165) is 25.0 Å². The number of carbonyl (C=O) groups is 2. The van der Waals surface area contributed by atoms with Crippen LogP contribution in [0.1, 0.15) is 60.0 Å². The van der Waals surface area contributed by atoms with Gasteiger partial charge in [-0.15, -0.1) is 0 Å². The Hall–Kier alpha value is -2.76. The molecule has 1 fully saturated rings. The quantitative estimate of drug-likeness (QED) is 0.657. The predicted molar refractivity (Wildman–Crippen MR) is 111 cm³/mol. The number of ether oxygens (including phenoxy) is 2. The number of carbonyl (C=O) groups excluding carboxylic acids is 2. The van der Waals surface area contributed by atoms with Crippen molar-refractivity contribution in [3.8, 4) is 5.75 Å². The van der Waals surface area contributed by atoms with Crippen LogP contribution in [0.15, 0.2) is 42.6 Å². The highest BCUT2D eigenvalue weighted by Crippen LogP contribution is 2.26. The number of amides is 1. The fourth-order valence-corrected chi connectivity index (χ4v) is 3.63. The number of methoxy groups -OCH3 is 1. The summed E-state index contributed by atoms with van der Waals surface area (Å²) in [4.78, 5) is 26.6. The molecule has 29 heavy (non-hydrogen) atoms. The molecule has 0 radical (unpaired) electrons. The standard InChI is InChI=1S/C23H30N2O4/c1-17(2)12-16-29-20-8-6-18(7-9-20)22(26)24-14-10-19(11-15-24)25-13-4-5-21(25)23(27)28-3/h4-9,13,17,19H,10-12,14-16H2,1-3H3. The van der Waals surface area contributed by atoms with Gasteiger partial charge in [0.15, 0.2) is 0 Å². The Morgan fingerprint density at radius 1 is 1.10 bits per heavy atom. The zero-order valence-corrected chi connectivity index (χ0v) is 17.5. The molecular weight excluding hydrogens is 368 g/mol. The van der Waals surface area contributed by atoms with Crippen LogP contribution in [0, 0.1) is 5.92 Å². The Kier molecular flexibility index (Phi) is 6.96. The van der Waals surface area contributed by atoms with E-state index in [1.807, 2.05) is 46.0 Å². The zero-order chi connectivity index (χ0) is 20.8. The summed E-state index contributed by atoms with van der Waals surface area (Å²) < 4.78 is 12.6. The summed E-state index contributed by atoms with van der Waals surface area (Å²) >= 11 is 0. The summed E-state index contributed by atoms with van der Waals surface area (Å²) in [6.07, 6.45) is 4.53. The largest absolute Gasteiger partial charge is 0.494 e. The minimum absolute atomic E-state index is 0.0397. The van der Waals surface area contributed by atoms with Crippen molar-refractivity contribution >= 4 is 11.9 Å². The molecule has 3 rings (SSSR count). The van der Waals surface area contributed by atoms with Gasteiger partial charge in [-0.25, -0.2) is 4.79 Å². The lowest BCUT2D eigenvalue weighted by atomic mass is 10.0. The van der Waals surface area contributed by atoms with Gasteiger partial charge in [0.2, 0.25) is 0 Å². The molecule has 1 aromatic carbocycles. The van der Waals surface area contributed by atoms with Gasteiger partial charge in [-0.2, -0.15) is 0 Å². The van der Waals surface area contributed by atoms with Crippen LogP contribution in [0.25, 0.3) is 0 Å². The van der Waals surface area contributed by atoms with Crippen LogP contribution in [0.2, 0.25) is 0 Å². The normalized spacial score (nSPS) is 14.8. The Bertz CT molecular complexity index is 818. The molecule has 0 saturated carbocycles. The highest BCUT2D eigenvalue weighted by atomic mass is 16.5. The van der Waals surface area contributed by atoms with E-state index in [2.05, 4.69) is 13.8 Å². The van der Waals surface area contributed by atoms with Gasteiger partial charge in [0.05, 0.1) is 13.7 Å². The van der Waals surface area contributed by atoms with Gasteiger partial charge in [-0.05, 0) is 61.6 Å². The minimum atomic E-state index is -0.329. The first-order valence-corrected chi connectivity index (χ1v) is 10.3. The van der Waals surface area contributed by atoms with Crippen molar-refractivity contribution < 1.29 is 19.1 Å². The molecule has 1 amide bonds. The van der Waals surface area contributed by atoms with E-state index in [4.69, 9.17) is 9.47 Å². The van der Waals surface area contributed by atoms with Crippen LogP contribution in [0.3, 0.4) is 0 Å². The summed E-state index contributed by atoms with van der Waals surface area (Å²) in [6, 6.07) is 11.2. The second-order valence-corrected chi connectivity index (χ2v) is 7.87. The number of esters is 1. The first-order chi connectivity index (χ1) is 14.0. The summed E-state index contributed by atoms with van der Waals surface area (Å²) in [5.41, 5.74) is 1.24. The lowest BCUT2D eigenvalue weighted by molar-refractivity contribution is 0.0573. The lowest BCUT2D eigenvalue weighted by Crippen LogP contribution is -2.39. The molecule has 1 aliphatic heterocycles. The molecule has 0 atom stereocenters. The SMILES string of the molecule is COC(=O)c1cccn1C1CCN(C(=O)c2ccc(OCCC(C)C)cc2)CC1. The molecule has 6 heteroatoms. The molecular formula is C23H30N2O4. The van der Waals surface area contributed by atoms with Crippen LogP contribution in [0.4, 0.5) is 0 Å². The molecule has 0 bridgehead atoms. The molecule has 0 aliphatic carbocycles. The average Bonchev–Trinajstić information content (AvgIpc) is 3.23. The summed E-state index contributed by atoms with van der Waals surface area (Å²) in [5, 5.41) is 0. The van der Waals surface area contributed by atoms with E-state index in [0.29, 0.717) is 36.9 Å². The molecule has 0 spiro atoms. The van der Waals surface area contributed by atoms with Crippen molar-refractivity contribution in [1.29, 1.82) is 0 Å². The van der Waals surface area contributed by atoms with Gasteiger partial charge in [-0.3, -0.25) is 4.79 Å². The van der Waals surface area contributed by atoms with Crippen molar-refractivity contribution in [1.82, 2.24) is 9.47 Å². The van der Waals surface area contributed by atoms with E-state index < -0.39 is 0 Å². The molecule has 2 aromatic rings. The molecule has 156 valence electrons. The van der Waals surface area contributed by atoms with Gasteiger partial charge in [0.25, 0.3) is 5.91 Å². The number of benzene rings is 1. The van der Waals surface area contributed by atoms with Crippen molar-refractivity contribution in [2.75, 3.05) is 26.8 Å². The van der Waals surface area contributed by atoms with E-state index in [-0.39, 0.29) is 17.9 Å². The van der Waals surface area contributed by atoms with Crippen molar-refractivity contribution in [3.05, 3.63) is 53.9 Å². The second kappa shape index (κ2) is 9.63. The van der Waals surface area contributed by atoms with Crippen molar-refractivity contribution in [2.24, 2.45) is 5.92 Å². The van der Waals surface area contributed by atoms with Gasteiger partial charge >= 0.3 is 5.97 Å². The number of aromatic nitrogens is 1. The molecule has 6 nitrogen and oxygen atoms in total. The predicted octanol–water partition coefficient (Wildman–Crippen LogP) is 4.18. The Morgan fingerprint density at radius 3 is 2.41 bits per heavy atom. The topological polar surface area (TPSA) is 60.8 Å². The lowest BCUT2D eigenvalue weighted by Gasteiger charge is -2.33. The Labute approximate surface area is 172 Å².